The lowest BCUT2D eigenvalue weighted by Gasteiger charge is -2.31. The number of anilines is 1. The van der Waals surface area contributed by atoms with E-state index in [-0.39, 0.29) is 18.4 Å². The summed E-state index contributed by atoms with van der Waals surface area (Å²) in [4.78, 5) is 18.9. The van der Waals surface area contributed by atoms with Crippen LogP contribution in [-0.4, -0.2) is 42.1 Å². The first kappa shape index (κ1) is 20.1. The summed E-state index contributed by atoms with van der Waals surface area (Å²) in [5.74, 6) is 0.150. The van der Waals surface area contributed by atoms with E-state index in [0.29, 0.717) is 18.2 Å². The van der Waals surface area contributed by atoms with Crippen LogP contribution in [0.1, 0.15) is 52.3 Å². The highest BCUT2D eigenvalue weighted by molar-refractivity contribution is 7.09. The minimum Gasteiger partial charge on any atom is -0.461 e. The molecule has 1 aromatic heterocycles. The predicted molar refractivity (Wildman–Crippen MR) is 111 cm³/mol. The number of fused-ring (bicyclic) bond motifs is 1. The quantitative estimate of drug-likeness (QED) is 0.756. The number of nitrogens with zero attached hydrogens (tertiary/aromatic N) is 2. The van der Waals surface area contributed by atoms with Gasteiger partial charge in [-0.05, 0) is 50.4 Å². The van der Waals surface area contributed by atoms with Gasteiger partial charge >= 0.3 is 5.97 Å². The summed E-state index contributed by atoms with van der Waals surface area (Å²) >= 11 is 1.59. The summed E-state index contributed by atoms with van der Waals surface area (Å²) < 4.78 is 5.04. The second kappa shape index (κ2) is 9.04. The van der Waals surface area contributed by atoms with E-state index in [2.05, 4.69) is 33.4 Å². The number of ether oxygens (including phenoxy) is 1. The van der Waals surface area contributed by atoms with E-state index < -0.39 is 0 Å². The van der Waals surface area contributed by atoms with Gasteiger partial charge in [-0.1, -0.05) is 18.2 Å². The van der Waals surface area contributed by atoms with E-state index in [0.717, 1.165) is 50.4 Å². The van der Waals surface area contributed by atoms with Crippen molar-refractivity contribution < 1.29 is 9.53 Å². The number of likely N-dealkylation sites (tertiary alicyclic amines) is 1. The smallest absolute Gasteiger partial charge is 0.357 e. The SMILES string of the molecule is CCOC(=O)c1csc(C2CCN(Cc3cccc4c3NCC4)CC2)n1.Cl. The molecule has 2 aliphatic rings. The van der Waals surface area contributed by atoms with Gasteiger partial charge in [0, 0.05) is 30.1 Å². The lowest BCUT2D eigenvalue weighted by Crippen LogP contribution is -2.32. The first-order valence-corrected chi connectivity index (χ1v) is 10.3. The number of nitrogens with one attached hydrogen (secondary N) is 1. The number of esters is 1. The largest absolute Gasteiger partial charge is 0.461 e. The van der Waals surface area contributed by atoms with Crippen LogP contribution in [0.4, 0.5) is 5.69 Å². The van der Waals surface area contributed by atoms with Gasteiger partial charge in [0.2, 0.25) is 0 Å². The van der Waals surface area contributed by atoms with Crippen molar-refractivity contribution in [2.24, 2.45) is 0 Å². The molecular formula is C20H26ClN3O2S. The van der Waals surface area contributed by atoms with E-state index in [1.165, 1.54) is 16.8 Å². The second-order valence-electron chi connectivity index (χ2n) is 6.97. The summed E-state index contributed by atoms with van der Waals surface area (Å²) in [6.07, 6.45) is 3.33. The van der Waals surface area contributed by atoms with Gasteiger partial charge in [-0.15, -0.1) is 23.7 Å². The third-order valence-corrected chi connectivity index (χ3v) is 6.28. The molecule has 0 atom stereocenters. The minimum atomic E-state index is -0.308. The molecule has 3 heterocycles. The molecule has 0 bridgehead atoms. The van der Waals surface area contributed by atoms with E-state index >= 15 is 0 Å². The lowest BCUT2D eigenvalue weighted by atomic mass is 9.97. The maximum Gasteiger partial charge on any atom is 0.357 e. The topological polar surface area (TPSA) is 54.5 Å². The fourth-order valence-electron chi connectivity index (χ4n) is 3.90. The Morgan fingerprint density at radius 2 is 2.19 bits per heavy atom. The molecule has 0 aliphatic carbocycles. The molecule has 0 saturated carbocycles. The Kier molecular flexibility index (Phi) is 6.73. The number of carbonyl (C=O) groups excluding carboxylic acids is 1. The van der Waals surface area contributed by atoms with Crippen molar-refractivity contribution in [2.45, 2.75) is 38.6 Å². The molecule has 0 unspecified atom stereocenters. The first-order valence-electron chi connectivity index (χ1n) is 9.44. The van der Waals surface area contributed by atoms with Crippen LogP contribution in [0.15, 0.2) is 23.6 Å². The van der Waals surface area contributed by atoms with Crippen LogP contribution in [0, 0.1) is 0 Å². The fourth-order valence-corrected chi connectivity index (χ4v) is 4.86. The molecule has 146 valence electrons. The summed E-state index contributed by atoms with van der Waals surface area (Å²) in [5, 5.41) is 6.45. The van der Waals surface area contributed by atoms with E-state index in [9.17, 15) is 4.79 Å². The summed E-state index contributed by atoms with van der Waals surface area (Å²) in [7, 11) is 0. The van der Waals surface area contributed by atoms with Gasteiger partial charge in [-0.25, -0.2) is 9.78 Å². The highest BCUT2D eigenvalue weighted by Gasteiger charge is 2.25. The maximum absolute atomic E-state index is 11.8. The third-order valence-electron chi connectivity index (χ3n) is 5.27. The van der Waals surface area contributed by atoms with Crippen molar-refractivity contribution in [2.75, 3.05) is 31.6 Å². The van der Waals surface area contributed by atoms with E-state index in [1.54, 1.807) is 11.3 Å². The molecular weight excluding hydrogens is 382 g/mol. The Morgan fingerprint density at radius 1 is 1.37 bits per heavy atom. The normalized spacial score (nSPS) is 17.1. The van der Waals surface area contributed by atoms with Crippen molar-refractivity contribution in [3.63, 3.8) is 0 Å². The zero-order valence-electron chi connectivity index (χ0n) is 15.6. The molecule has 2 aliphatic heterocycles. The number of aromatic nitrogens is 1. The van der Waals surface area contributed by atoms with Gasteiger partial charge in [0.1, 0.15) is 0 Å². The maximum atomic E-state index is 11.8. The Labute approximate surface area is 170 Å². The highest BCUT2D eigenvalue weighted by atomic mass is 35.5. The van der Waals surface area contributed by atoms with E-state index in [1.807, 2.05) is 12.3 Å². The van der Waals surface area contributed by atoms with Crippen molar-refractivity contribution in [1.82, 2.24) is 9.88 Å². The Morgan fingerprint density at radius 3 is 2.96 bits per heavy atom. The molecule has 27 heavy (non-hydrogen) atoms. The zero-order chi connectivity index (χ0) is 17.9. The fraction of sp³-hybridized carbons (Fsp3) is 0.500. The molecule has 1 fully saturated rings. The second-order valence-corrected chi connectivity index (χ2v) is 7.86. The van der Waals surface area contributed by atoms with Crippen LogP contribution >= 0.6 is 23.7 Å². The van der Waals surface area contributed by atoms with Crippen molar-refractivity contribution in [3.05, 3.63) is 45.4 Å². The number of hydrogen-bond acceptors (Lipinski definition) is 6. The van der Waals surface area contributed by atoms with Crippen molar-refractivity contribution >= 4 is 35.4 Å². The summed E-state index contributed by atoms with van der Waals surface area (Å²) in [5.41, 5.74) is 4.68. The standard InChI is InChI=1S/C20H25N3O2S.ClH/c1-2-25-20(24)17-13-26-19(22-17)15-7-10-23(11-8-15)12-16-5-3-4-14-6-9-21-18(14)16;/h3-5,13,15,21H,2,6-12H2,1H3;1H. The number of carbonyl (C=O) groups is 1. The van der Waals surface area contributed by atoms with Gasteiger partial charge in [0.25, 0.3) is 0 Å². The molecule has 4 rings (SSSR count). The molecule has 1 saturated heterocycles. The number of para-hydroxylation sites is 1. The number of hydrogen-bond donors (Lipinski definition) is 1. The van der Waals surface area contributed by atoms with Gasteiger partial charge in [0.05, 0.1) is 11.6 Å². The average Bonchev–Trinajstić information content (AvgIpc) is 3.33. The molecule has 0 radical (unpaired) electrons. The zero-order valence-corrected chi connectivity index (χ0v) is 17.2. The molecule has 7 heteroatoms. The van der Waals surface area contributed by atoms with Crippen molar-refractivity contribution in [1.29, 1.82) is 0 Å². The van der Waals surface area contributed by atoms with Gasteiger partial charge < -0.3 is 10.1 Å². The first-order chi connectivity index (χ1) is 12.7. The number of piperidine rings is 1. The minimum absolute atomic E-state index is 0. The number of thiazole rings is 1. The highest BCUT2D eigenvalue weighted by Crippen LogP contribution is 2.33. The van der Waals surface area contributed by atoms with Gasteiger partial charge in [-0.2, -0.15) is 0 Å². The van der Waals surface area contributed by atoms with Crippen molar-refractivity contribution in [3.8, 4) is 0 Å². The Hall–Kier alpha value is -1.63. The van der Waals surface area contributed by atoms with Crippen LogP contribution < -0.4 is 5.32 Å². The monoisotopic (exact) mass is 407 g/mol. The summed E-state index contributed by atoms with van der Waals surface area (Å²) in [6, 6.07) is 6.66. The van der Waals surface area contributed by atoms with Crippen LogP contribution in [0.2, 0.25) is 0 Å². The molecule has 5 nitrogen and oxygen atoms in total. The molecule has 0 amide bonds. The van der Waals surface area contributed by atoms with Gasteiger partial charge in [-0.3, -0.25) is 4.90 Å². The predicted octanol–water partition coefficient (Wildman–Crippen LogP) is 4.09. The van der Waals surface area contributed by atoms with Crippen LogP contribution in [0.25, 0.3) is 0 Å². The number of rotatable bonds is 5. The summed E-state index contributed by atoms with van der Waals surface area (Å²) in [6.45, 7) is 6.42. The average molecular weight is 408 g/mol. The molecule has 1 aromatic carbocycles. The Balaban J connectivity index is 0.00000210. The van der Waals surface area contributed by atoms with Crippen LogP contribution in [-0.2, 0) is 17.7 Å². The van der Waals surface area contributed by atoms with E-state index in [4.69, 9.17) is 4.74 Å². The Bertz CT molecular complexity index is 787. The van der Waals surface area contributed by atoms with Crippen LogP contribution in [0.5, 0.6) is 0 Å². The third kappa shape index (κ3) is 4.45. The lowest BCUT2D eigenvalue weighted by molar-refractivity contribution is 0.0520. The van der Waals surface area contributed by atoms with Gasteiger partial charge in [0.15, 0.2) is 5.69 Å². The number of benzene rings is 1. The number of halogens is 1. The molecule has 0 spiro atoms. The molecule has 1 N–H and O–H groups in total. The molecule has 2 aromatic rings. The van der Waals surface area contributed by atoms with Crippen LogP contribution in [0.3, 0.4) is 0 Å².